The fourth-order valence-electron chi connectivity index (χ4n) is 2.50. The van der Waals surface area contributed by atoms with Gasteiger partial charge in [-0.1, -0.05) is 31.5 Å². The van der Waals surface area contributed by atoms with Gasteiger partial charge in [-0.15, -0.1) is 0 Å². The second-order valence-corrected chi connectivity index (χ2v) is 4.15. The molecular formula is C13H16O. The van der Waals surface area contributed by atoms with Crippen molar-refractivity contribution in [3.05, 3.63) is 34.9 Å². The van der Waals surface area contributed by atoms with Crippen LogP contribution in [0.25, 0.3) is 0 Å². The molecule has 0 heterocycles. The maximum Gasteiger partial charge on any atom is 0.163 e. The van der Waals surface area contributed by atoms with Gasteiger partial charge >= 0.3 is 0 Å². The van der Waals surface area contributed by atoms with Crippen molar-refractivity contribution in [2.45, 2.75) is 39.0 Å². The second kappa shape index (κ2) is 3.56. The lowest BCUT2D eigenvalue weighted by Gasteiger charge is -2.11. The van der Waals surface area contributed by atoms with Crippen LogP contribution in [0.1, 0.15) is 53.6 Å². The predicted molar refractivity (Wildman–Crippen MR) is 57.8 cm³/mol. The van der Waals surface area contributed by atoms with Gasteiger partial charge in [0.1, 0.15) is 0 Å². The first-order chi connectivity index (χ1) is 6.74. The lowest BCUT2D eigenvalue weighted by molar-refractivity contribution is 0.0988. The van der Waals surface area contributed by atoms with Gasteiger partial charge in [0.2, 0.25) is 0 Å². The topological polar surface area (TPSA) is 17.1 Å². The van der Waals surface area contributed by atoms with Crippen molar-refractivity contribution in [3.8, 4) is 0 Å². The molecule has 1 heteroatoms. The number of fused-ring (bicyclic) bond motifs is 1. The molecule has 0 aromatic heterocycles. The zero-order valence-corrected chi connectivity index (χ0v) is 8.84. The molecule has 1 aromatic rings. The van der Waals surface area contributed by atoms with Crippen LogP contribution in [0, 0.1) is 6.92 Å². The number of carbonyl (C=O) groups excluding carboxylic acids is 1. The quantitative estimate of drug-likeness (QED) is 0.694. The average molecular weight is 188 g/mol. The SMILES string of the molecule is CCCC1CC(=O)c2cccc(C)c21. The van der Waals surface area contributed by atoms with Gasteiger partial charge in [0.15, 0.2) is 5.78 Å². The number of carbonyl (C=O) groups is 1. The highest BCUT2D eigenvalue weighted by Gasteiger charge is 2.29. The van der Waals surface area contributed by atoms with E-state index in [1.54, 1.807) is 0 Å². The minimum atomic E-state index is 0.335. The van der Waals surface area contributed by atoms with Gasteiger partial charge in [-0.25, -0.2) is 0 Å². The number of ketones is 1. The van der Waals surface area contributed by atoms with Crippen molar-refractivity contribution in [3.63, 3.8) is 0 Å². The molecule has 1 atom stereocenters. The molecule has 74 valence electrons. The summed E-state index contributed by atoms with van der Waals surface area (Å²) in [6, 6.07) is 6.07. The molecule has 1 unspecified atom stereocenters. The number of Topliss-reactive ketones (excluding diaryl/α,β-unsaturated/α-hetero) is 1. The summed E-state index contributed by atoms with van der Waals surface area (Å²) in [6.07, 6.45) is 3.03. The summed E-state index contributed by atoms with van der Waals surface area (Å²) in [4.78, 5) is 11.7. The maximum absolute atomic E-state index is 11.7. The Balaban J connectivity index is 2.45. The Hall–Kier alpha value is -1.11. The molecule has 14 heavy (non-hydrogen) atoms. The van der Waals surface area contributed by atoms with Crippen LogP contribution in [0.2, 0.25) is 0 Å². The Bertz CT molecular complexity index is 365. The lowest BCUT2D eigenvalue weighted by Crippen LogP contribution is -1.95. The molecular weight excluding hydrogens is 172 g/mol. The Labute approximate surface area is 85.1 Å². The monoisotopic (exact) mass is 188 g/mol. The van der Waals surface area contributed by atoms with E-state index in [0.717, 1.165) is 24.8 Å². The highest BCUT2D eigenvalue weighted by atomic mass is 16.1. The zero-order chi connectivity index (χ0) is 10.1. The summed E-state index contributed by atoms with van der Waals surface area (Å²) in [5, 5.41) is 0. The molecule has 0 spiro atoms. The first kappa shape index (κ1) is 9.45. The van der Waals surface area contributed by atoms with E-state index in [2.05, 4.69) is 19.9 Å². The molecule has 0 amide bonds. The minimum absolute atomic E-state index is 0.335. The molecule has 0 saturated heterocycles. The van der Waals surface area contributed by atoms with Gasteiger partial charge in [-0.05, 0) is 30.4 Å². The van der Waals surface area contributed by atoms with E-state index in [4.69, 9.17) is 0 Å². The van der Waals surface area contributed by atoms with Crippen molar-refractivity contribution >= 4 is 5.78 Å². The summed E-state index contributed by atoms with van der Waals surface area (Å²) in [6.45, 7) is 4.29. The fraction of sp³-hybridized carbons (Fsp3) is 0.462. The predicted octanol–water partition coefficient (Wildman–Crippen LogP) is 3.47. The third-order valence-electron chi connectivity index (χ3n) is 3.10. The molecule has 1 nitrogen and oxygen atoms in total. The van der Waals surface area contributed by atoms with Crippen molar-refractivity contribution in [1.82, 2.24) is 0 Å². The average Bonchev–Trinajstić information content (AvgIpc) is 2.46. The lowest BCUT2D eigenvalue weighted by atomic mass is 9.93. The number of hydrogen-bond donors (Lipinski definition) is 0. The van der Waals surface area contributed by atoms with Gasteiger partial charge in [0, 0.05) is 12.0 Å². The third-order valence-corrected chi connectivity index (χ3v) is 3.10. The van der Waals surface area contributed by atoms with Crippen LogP contribution in [0.5, 0.6) is 0 Å². The molecule has 1 aliphatic carbocycles. The number of benzene rings is 1. The Morgan fingerprint density at radius 2 is 2.21 bits per heavy atom. The van der Waals surface area contributed by atoms with Crippen molar-refractivity contribution in [2.75, 3.05) is 0 Å². The standard InChI is InChI=1S/C13H16O/c1-3-5-10-8-12(14)11-7-4-6-9(2)13(10)11/h4,6-7,10H,3,5,8H2,1-2H3. The Morgan fingerprint density at radius 3 is 2.93 bits per heavy atom. The van der Waals surface area contributed by atoms with Crippen LogP contribution in [-0.2, 0) is 0 Å². The molecule has 0 fully saturated rings. The van der Waals surface area contributed by atoms with Crippen LogP contribution in [0.15, 0.2) is 18.2 Å². The number of hydrogen-bond acceptors (Lipinski definition) is 1. The second-order valence-electron chi connectivity index (χ2n) is 4.15. The highest BCUT2D eigenvalue weighted by Crippen LogP contribution is 2.37. The summed E-state index contributed by atoms with van der Waals surface area (Å²) < 4.78 is 0. The van der Waals surface area contributed by atoms with E-state index in [1.807, 2.05) is 12.1 Å². The van der Waals surface area contributed by atoms with E-state index in [1.165, 1.54) is 11.1 Å². The Morgan fingerprint density at radius 1 is 1.43 bits per heavy atom. The third kappa shape index (κ3) is 1.37. The van der Waals surface area contributed by atoms with Crippen LogP contribution >= 0.6 is 0 Å². The Kier molecular flexibility index (Phi) is 2.40. The van der Waals surface area contributed by atoms with Crippen molar-refractivity contribution in [1.29, 1.82) is 0 Å². The fourth-order valence-corrected chi connectivity index (χ4v) is 2.50. The molecule has 0 bridgehead atoms. The normalized spacial score (nSPS) is 19.9. The number of rotatable bonds is 2. The van der Waals surface area contributed by atoms with E-state index >= 15 is 0 Å². The van der Waals surface area contributed by atoms with Crippen LogP contribution in [-0.4, -0.2) is 5.78 Å². The van der Waals surface area contributed by atoms with Gasteiger partial charge in [0.05, 0.1) is 0 Å². The van der Waals surface area contributed by atoms with E-state index < -0.39 is 0 Å². The van der Waals surface area contributed by atoms with E-state index in [0.29, 0.717) is 11.7 Å². The van der Waals surface area contributed by atoms with Gasteiger partial charge < -0.3 is 0 Å². The summed E-state index contributed by atoms with van der Waals surface area (Å²) in [5.41, 5.74) is 3.58. The zero-order valence-electron chi connectivity index (χ0n) is 8.84. The number of aryl methyl sites for hydroxylation is 1. The summed E-state index contributed by atoms with van der Waals surface area (Å²) >= 11 is 0. The minimum Gasteiger partial charge on any atom is -0.294 e. The van der Waals surface area contributed by atoms with Crippen LogP contribution in [0.3, 0.4) is 0 Å². The van der Waals surface area contributed by atoms with Gasteiger partial charge in [0.25, 0.3) is 0 Å². The van der Waals surface area contributed by atoms with Crippen molar-refractivity contribution < 1.29 is 4.79 Å². The molecule has 0 radical (unpaired) electrons. The van der Waals surface area contributed by atoms with Gasteiger partial charge in [-0.2, -0.15) is 0 Å². The molecule has 1 aliphatic rings. The molecule has 1 aromatic carbocycles. The molecule has 0 saturated carbocycles. The first-order valence-electron chi connectivity index (χ1n) is 5.36. The highest BCUT2D eigenvalue weighted by molar-refractivity contribution is 6.01. The molecule has 0 N–H and O–H groups in total. The maximum atomic E-state index is 11.7. The van der Waals surface area contributed by atoms with Crippen molar-refractivity contribution in [2.24, 2.45) is 0 Å². The molecule has 2 rings (SSSR count). The van der Waals surface area contributed by atoms with Gasteiger partial charge in [-0.3, -0.25) is 4.79 Å². The largest absolute Gasteiger partial charge is 0.294 e. The summed E-state index contributed by atoms with van der Waals surface area (Å²) in [5.74, 6) is 0.825. The van der Waals surface area contributed by atoms with E-state index in [9.17, 15) is 4.79 Å². The van der Waals surface area contributed by atoms with E-state index in [-0.39, 0.29) is 0 Å². The smallest absolute Gasteiger partial charge is 0.163 e. The van der Waals surface area contributed by atoms with Crippen LogP contribution < -0.4 is 0 Å². The van der Waals surface area contributed by atoms with Crippen LogP contribution in [0.4, 0.5) is 0 Å². The summed E-state index contributed by atoms with van der Waals surface area (Å²) in [7, 11) is 0. The first-order valence-corrected chi connectivity index (χ1v) is 5.36. The molecule has 0 aliphatic heterocycles.